The van der Waals surface area contributed by atoms with Crippen molar-refractivity contribution in [2.24, 2.45) is 0 Å². The van der Waals surface area contributed by atoms with Crippen molar-refractivity contribution in [3.63, 3.8) is 0 Å². The van der Waals surface area contributed by atoms with E-state index < -0.39 is 0 Å². The monoisotopic (exact) mass is 366 g/mol. The molecule has 0 bridgehead atoms. The van der Waals surface area contributed by atoms with Crippen LogP contribution in [-0.4, -0.2) is 40.3 Å². The smallest absolute Gasteiger partial charge is 0.224 e. The van der Waals surface area contributed by atoms with Gasteiger partial charge in [0.1, 0.15) is 5.82 Å². The van der Waals surface area contributed by atoms with Crippen LogP contribution in [0.25, 0.3) is 5.65 Å². The Bertz CT molecular complexity index is 938. The number of nitrogens with zero attached hydrogens (tertiary/aromatic N) is 3. The normalized spacial score (nSPS) is 13.3. The van der Waals surface area contributed by atoms with Gasteiger partial charge in [-0.15, -0.1) is 10.2 Å². The fraction of sp³-hybridized carbons (Fsp3) is 0.350. The van der Waals surface area contributed by atoms with Gasteiger partial charge in [0.05, 0.1) is 19.6 Å². The van der Waals surface area contributed by atoms with Gasteiger partial charge in [-0.25, -0.2) is 0 Å². The first-order valence-electron chi connectivity index (χ1n) is 9.23. The summed E-state index contributed by atoms with van der Waals surface area (Å²) in [6.07, 6.45) is 4.71. The number of carbonyl (C=O) groups excluding carboxylic acids is 1. The summed E-state index contributed by atoms with van der Waals surface area (Å²) in [6.45, 7) is 1.90. The molecule has 1 N–H and O–H groups in total. The fourth-order valence-corrected chi connectivity index (χ4v) is 3.10. The van der Waals surface area contributed by atoms with E-state index in [4.69, 9.17) is 9.47 Å². The summed E-state index contributed by atoms with van der Waals surface area (Å²) in [4.78, 5) is 12.2. The predicted molar refractivity (Wildman–Crippen MR) is 100 cm³/mol. The summed E-state index contributed by atoms with van der Waals surface area (Å²) >= 11 is 0. The van der Waals surface area contributed by atoms with Gasteiger partial charge in [-0.05, 0) is 36.2 Å². The number of rotatable bonds is 6. The number of nitrogens with one attached hydrogen (secondary N) is 1. The summed E-state index contributed by atoms with van der Waals surface area (Å²) in [6, 6.07) is 11.5. The lowest BCUT2D eigenvalue weighted by atomic mass is 10.1. The highest BCUT2D eigenvalue weighted by molar-refractivity contribution is 5.78. The van der Waals surface area contributed by atoms with Crippen LogP contribution in [0.2, 0.25) is 0 Å². The number of aromatic nitrogens is 3. The number of amides is 1. The van der Waals surface area contributed by atoms with Gasteiger partial charge in [-0.3, -0.25) is 9.20 Å². The Kier molecular flexibility index (Phi) is 5.18. The Morgan fingerprint density at radius 2 is 2.00 bits per heavy atom. The summed E-state index contributed by atoms with van der Waals surface area (Å²) < 4.78 is 13.3. The van der Waals surface area contributed by atoms with Crippen LogP contribution in [0.4, 0.5) is 0 Å². The molecule has 0 aliphatic carbocycles. The summed E-state index contributed by atoms with van der Waals surface area (Å²) in [7, 11) is 0. The van der Waals surface area contributed by atoms with E-state index in [0.717, 1.165) is 47.8 Å². The van der Waals surface area contributed by atoms with Gasteiger partial charge >= 0.3 is 0 Å². The quantitative estimate of drug-likeness (QED) is 0.677. The second-order valence-electron chi connectivity index (χ2n) is 6.51. The first-order valence-corrected chi connectivity index (χ1v) is 9.23. The Morgan fingerprint density at radius 3 is 2.93 bits per heavy atom. The Hall–Kier alpha value is -3.09. The zero-order valence-corrected chi connectivity index (χ0v) is 15.1. The second kappa shape index (κ2) is 8.07. The van der Waals surface area contributed by atoms with Crippen molar-refractivity contribution < 1.29 is 14.3 Å². The SMILES string of the molecule is O=C(Cc1ccc2c(c1)OCCCO2)NCCCc1nnc2ccccn12. The molecule has 0 saturated carbocycles. The summed E-state index contributed by atoms with van der Waals surface area (Å²) in [5.41, 5.74) is 1.76. The van der Waals surface area contributed by atoms with Crippen LogP contribution in [0.3, 0.4) is 0 Å². The molecule has 0 spiro atoms. The molecule has 140 valence electrons. The number of aryl methyl sites for hydroxylation is 1. The molecule has 0 radical (unpaired) electrons. The lowest BCUT2D eigenvalue weighted by Crippen LogP contribution is -2.26. The highest BCUT2D eigenvalue weighted by Gasteiger charge is 2.12. The third kappa shape index (κ3) is 4.19. The molecule has 3 aromatic rings. The standard InChI is InChI=1S/C20H22N4O3/c25-20(14-15-7-8-16-17(13-15)27-12-4-11-26-16)21-9-3-6-19-23-22-18-5-1-2-10-24(18)19/h1-2,5,7-8,10,13H,3-4,6,9,11-12,14H2,(H,21,25). The average Bonchev–Trinajstić information content (AvgIpc) is 2.94. The van der Waals surface area contributed by atoms with Gasteiger partial charge in [0, 0.05) is 25.6 Å². The van der Waals surface area contributed by atoms with E-state index in [1.165, 1.54) is 0 Å². The molecule has 1 aliphatic heterocycles. The molecule has 1 aliphatic rings. The zero-order valence-electron chi connectivity index (χ0n) is 15.1. The van der Waals surface area contributed by atoms with Crippen LogP contribution in [-0.2, 0) is 17.6 Å². The number of hydrogen-bond acceptors (Lipinski definition) is 5. The third-order valence-corrected chi connectivity index (χ3v) is 4.46. The van der Waals surface area contributed by atoms with Crippen molar-refractivity contribution in [2.45, 2.75) is 25.7 Å². The zero-order chi connectivity index (χ0) is 18.5. The van der Waals surface area contributed by atoms with E-state index >= 15 is 0 Å². The molecule has 0 saturated heterocycles. The largest absolute Gasteiger partial charge is 0.490 e. The Morgan fingerprint density at radius 1 is 1.11 bits per heavy atom. The van der Waals surface area contributed by atoms with Gasteiger partial charge < -0.3 is 14.8 Å². The molecule has 2 aromatic heterocycles. The van der Waals surface area contributed by atoms with E-state index in [-0.39, 0.29) is 5.91 Å². The number of ether oxygens (including phenoxy) is 2. The average molecular weight is 366 g/mol. The molecule has 1 amide bonds. The molecule has 4 rings (SSSR count). The van der Waals surface area contributed by atoms with Crippen molar-refractivity contribution in [1.29, 1.82) is 0 Å². The van der Waals surface area contributed by atoms with Crippen LogP contribution in [0.1, 0.15) is 24.2 Å². The number of fused-ring (bicyclic) bond motifs is 2. The topological polar surface area (TPSA) is 77.8 Å². The van der Waals surface area contributed by atoms with Gasteiger partial charge in [0.2, 0.25) is 5.91 Å². The van der Waals surface area contributed by atoms with Crippen molar-refractivity contribution in [2.75, 3.05) is 19.8 Å². The number of carbonyl (C=O) groups is 1. The first kappa shape index (κ1) is 17.3. The van der Waals surface area contributed by atoms with Crippen LogP contribution in [0, 0.1) is 0 Å². The highest BCUT2D eigenvalue weighted by Crippen LogP contribution is 2.30. The van der Waals surface area contributed by atoms with E-state index in [1.807, 2.05) is 47.0 Å². The molecule has 0 atom stereocenters. The molecule has 1 aromatic carbocycles. The van der Waals surface area contributed by atoms with E-state index in [2.05, 4.69) is 15.5 Å². The number of hydrogen-bond donors (Lipinski definition) is 1. The molecule has 0 unspecified atom stereocenters. The molecular formula is C20H22N4O3. The lowest BCUT2D eigenvalue weighted by molar-refractivity contribution is -0.120. The minimum absolute atomic E-state index is 0.00408. The fourth-order valence-electron chi connectivity index (χ4n) is 3.10. The van der Waals surface area contributed by atoms with Gasteiger partial charge in [-0.1, -0.05) is 12.1 Å². The Balaban J connectivity index is 1.26. The molecule has 3 heterocycles. The van der Waals surface area contributed by atoms with Gasteiger partial charge in [-0.2, -0.15) is 0 Å². The van der Waals surface area contributed by atoms with E-state index in [0.29, 0.717) is 26.2 Å². The van der Waals surface area contributed by atoms with Crippen molar-refractivity contribution in [3.05, 3.63) is 54.0 Å². The van der Waals surface area contributed by atoms with E-state index in [1.54, 1.807) is 0 Å². The maximum Gasteiger partial charge on any atom is 0.224 e. The van der Waals surface area contributed by atoms with Crippen molar-refractivity contribution >= 4 is 11.6 Å². The van der Waals surface area contributed by atoms with Crippen LogP contribution in [0.15, 0.2) is 42.6 Å². The predicted octanol–water partition coefficient (Wildman–Crippen LogP) is 2.18. The Labute approximate surface area is 157 Å². The molecular weight excluding hydrogens is 344 g/mol. The minimum atomic E-state index is -0.00408. The van der Waals surface area contributed by atoms with Crippen molar-refractivity contribution in [3.8, 4) is 11.5 Å². The molecule has 27 heavy (non-hydrogen) atoms. The number of pyridine rings is 1. The molecule has 7 nitrogen and oxygen atoms in total. The molecule has 0 fully saturated rings. The maximum atomic E-state index is 12.2. The van der Waals surface area contributed by atoms with Crippen molar-refractivity contribution in [1.82, 2.24) is 19.9 Å². The van der Waals surface area contributed by atoms with Gasteiger partial charge in [0.25, 0.3) is 0 Å². The van der Waals surface area contributed by atoms with Crippen LogP contribution in [0.5, 0.6) is 11.5 Å². The van der Waals surface area contributed by atoms with E-state index in [9.17, 15) is 4.79 Å². The van der Waals surface area contributed by atoms with Gasteiger partial charge in [0.15, 0.2) is 17.1 Å². The maximum absolute atomic E-state index is 12.2. The lowest BCUT2D eigenvalue weighted by Gasteiger charge is -2.09. The highest BCUT2D eigenvalue weighted by atomic mass is 16.5. The third-order valence-electron chi connectivity index (χ3n) is 4.46. The summed E-state index contributed by atoms with van der Waals surface area (Å²) in [5, 5.41) is 11.3. The van der Waals surface area contributed by atoms with Crippen LogP contribution >= 0.6 is 0 Å². The minimum Gasteiger partial charge on any atom is -0.490 e. The summed E-state index contributed by atoms with van der Waals surface area (Å²) in [5.74, 6) is 2.37. The number of benzene rings is 1. The molecule has 7 heteroatoms. The first-order chi connectivity index (χ1) is 13.3. The van der Waals surface area contributed by atoms with Crippen LogP contribution < -0.4 is 14.8 Å². The second-order valence-corrected chi connectivity index (χ2v) is 6.51.